The number of rotatable bonds is 6. The quantitative estimate of drug-likeness (QED) is 0.238. The Labute approximate surface area is 338 Å². The summed E-state index contributed by atoms with van der Waals surface area (Å²) in [6, 6.07) is 8.32. The van der Waals surface area contributed by atoms with E-state index >= 15 is 8.78 Å². The highest BCUT2D eigenvalue weighted by atomic mass is 19.3. The summed E-state index contributed by atoms with van der Waals surface area (Å²) in [5.41, 5.74) is -1.01. The number of Topliss-reactive ketones (excluding diaryl/α,β-unsaturated/α-hetero) is 1. The Balaban J connectivity index is 1.45. The summed E-state index contributed by atoms with van der Waals surface area (Å²) < 4.78 is 63.5. The molecule has 0 saturated carbocycles. The van der Waals surface area contributed by atoms with Gasteiger partial charge in [-0.25, -0.2) is 9.59 Å². The van der Waals surface area contributed by atoms with Crippen molar-refractivity contribution in [1.29, 1.82) is 0 Å². The summed E-state index contributed by atoms with van der Waals surface area (Å²) in [5.74, 6) is -5.06. The van der Waals surface area contributed by atoms with Crippen LogP contribution in [0.5, 0.6) is 0 Å². The van der Waals surface area contributed by atoms with Gasteiger partial charge in [0, 0.05) is 41.4 Å². The number of aliphatic imine (C=N–C) groups is 1. The largest absolute Gasteiger partial charge is 0.453 e. The number of hydrogen-bond donors (Lipinski definition) is 1. The fraction of sp³-hybridized carbons (Fsp3) is 0.651. The van der Waals surface area contributed by atoms with Crippen molar-refractivity contribution in [3.8, 4) is 11.8 Å². The zero-order chi connectivity index (χ0) is 42.3. The number of likely N-dealkylation sites (N-methyl/N-ethyl adjacent to an activating group) is 1. The van der Waals surface area contributed by atoms with Gasteiger partial charge in [0.15, 0.2) is 11.9 Å². The molecule has 13 nitrogen and oxygen atoms in total. The number of cyclic esters (lactones) is 1. The molecule has 1 N–H and O–H groups in total. The van der Waals surface area contributed by atoms with Crippen LogP contribution in [0.4, 0.5) is 13.6 Å². The van der Waals surface area contributed by atoms with Crippen LogP contribution in [0.15, 0.2) is 41.5 Å². The summed E-state index contributed by atoms with van der Waals surface area (Å²) >= 11 is 0. The molecule has 15 heteroatoms. The third-order valence-electron chi connectivity index (χ3n) is 12.4. The van der Waals surface area contributed by atoms with Crippen molar-refractivity contribution in [3.63, 3.8) is 0 Å². The molecule has 0 aliphatic carbocycles. The number of para-hydroxylation sites is 1. The van der Waals surface area contributed by atoms with Gasteiger partial charge in [0.1, 0.15) is 18.8 Å². The first kappa shape index (κ1) is 43.5. The average molecular weight is 811 g/mol. The predicted molar refractivity (Wildman–Crippen MR) is 210 cm³/mol. The second-order valence-corrected chi connectivity index (χ2v) is 16.9. The van der Waals surface area contributed by atoms with Crippen LogP contribution in [0.25, 0.3) is 10.9 Å². The van der Waals surface area contributed by atoms with Gasteiger partial charge in [0.2, 0.25) is 5.78 Å². The first-order valence-corrected chi connectivity index (χ1v) is 20.1. The molecule has 3 saturated heterocycles. The molecule has 58 heavy (non-hydrogen) atoms. The lowest BCUT2D eigenvalue weighted by molar-refractivity contribution is -0.297. The van der Waals surface area contributed by atoms with Crippen LogP contribution in [-0.2, 0) is 33.3 Å². The van der Waals surface area contributed by atoms with Crippen molar-refractivity contribution < 1.29 is 52.0 Å². The number of carbonyl (C=O) groups is 3. The fourth-order valence-electron chi connectivity index (χ4n) is 9.55. The number of halogens is 2. The van der Waals surface area contributed by atoms with Gasteiger partial charge in [0.25, 0.3) is 0 Å². The minimum atomic E-state index is -4.65. The van der Waals surface area contributed by atoms with Crippen LogP contribution in [-0.4, -0.2) is 137 Å². The van der Waals surface area contributed by atoms with Crippen molar-refractivity contribution in [1.82, 2.24) is 14.8 Å². The zero-order valence-electron chi connectivity index (χ0n) is 34.7. The average Bonchev–Trinajstić information content (AvgIpc) is 3.30. The van der Waals surface area contributed by atoms with Crippen LogP contribution in [0, 0.1) is 29.6 Å². The van der Waals surface area contributed by atoms with Gasteiger partial charge in [-0.15, -0.1) is 0 Å². The summed E-state index contributed by atoms with van der Waals surface area (Å²) in [7, 11) is 3.60. The van der Waals surface area contributed by atoms with Gasteiger partial charge < -0.3 is 33.7 Å². The van der Waals surface area contributed by atoms with Gasteiger partial charge in [-0.3, -0.25) is 19.7 Å². The Morgan fingerprint density at radius 1 is 1.09 bits per heavy atom. The van der Waals surface area contributed by atoms with Crippen molar-refractivity contribution in [2.24, 2.45) is 22.7 Å². The third kappa shape index (κ3) is 8.23. The number of aliphatic hydroxyl groups is 1. The van der Waals surface area contributed by atoms with Gasteiger partial charge >= 0.3 is 18.0 Å². The molecule has 5 heterocycles. The number of aliphatic hydroxyl groups excluding tert-OH is 1. The van der Waals surface area contributed by atoms with Gasteiger partial charge in [0.05, 0.1) is 41.8 Å². The lowest BCUT2D eigenvalue weighted by Crippen LogP contribution is -2.61. The van der Waals surface area contributed by atoms with Gasteiger partial charge in [-0.05, 0) is 72.2 Å². The maximum Gasteiger partial charge on any atom is 0.410 e. The van der Waals surface area contributed by atoms with Crippen LogP contribution in [0.3, 0.4) is 0 Å². The van der Waals surface area contributed by atoms with E-state index in [-0.39, 0.29) is 32.5 Å². The molecule has 316 valence electrons. The molecule has 4 aliphatic rings. The molecule has 4 aliphatic heterocycles. The van der Waals surface area contributed by atoms with E-state index in [0.717, 1.165) is 10.9 Å². The monoisotopic (exact) mass is 810 g/mol. The maximum absolute atomic E-state index is 16.4. The first-order chi connectivity index (χ1) is 27.3. The number of ketones is 1. The number of pyridine rings is 1. The number of hydrogen-bond acceptors (Lipinski definition) is 12. The Bertz CT molecular complexity index is 1970. The van der Waals surface area contributed by atoms with E-state index < -0.39 is 95.5 Å². The van der Waals surface area contributed by atoms with Crippen molar-refractivity contribution in [2.45, 2.75) is 128 Å². The van der Waals surface area contributed by atoms with Crippen LogP contribution in [0.1, 0.15) is 73.3 Å². The lowest BCUT2D eigenvalue weighted by atomic mass is 9.73. The Hall–Kier alpha value is -4.07. The number of carbonyl (C=O) groups excluding carboxylic acids is 3. The number of amides is 1. The molecule has 12 atom stereocenters. The second-order valence-electron chi connectivity index (χ2n) is 16.9. The molecule has 6 rings (SSSR count). The van der Waals surface area contributed by atoms with E-state index in [2.05, 4.69) is 16.8 Å². The molecule has 2 bridgehead atoms. The number of fused-ring (bicyclic) bond motifs is 2. The minimum Gasteiger partial charge on any atom is -0.453 e. The number of esters is 1. The number of benzene rings is 1. The fourth-order valence-corrected chi connectivity index (χ4v) is 9.55. The molecule has 2 aromatic rings. The van der Waals surface area contributed by atoms with Gasteiger partial charge in [-0.2, -0.15) is 8.78 Å². The highest BCUT2D eigenvalue weighted by Gasteiger charge is 2.63. The van der Waals surface area contributed by atoms with Gasteiger partial charge in [-0.1, -0.05) is 57.7 Å². The smallest absolute Gasteiger partial charge is 0.410 e. The summed E-state index contributed by atoms with van der Waals surface area (Å²) in [6.45, 7) is 11.9. The summed E-state index contributed by atoms with van der Waals surface area (Å²) in [5, 5.41) is 12.5. The highest BCUT2D eigenvalue weighted by molar-refractivity contribution is 6.06. The van der Waals surface area contributed by atoms with Crippen molar-refractivity contribution in [3.05, 3.63) is 42.1 Å². The molecular weight excluding hydrogens is 754 g/mol. The van der Waals surface area contributed by atoms with Crippen LogP contribution in [0.2, 0.25) is 0 Å². The number of alkyl halides is 2. The van der Waals surface area contributed by atoms with E-state index in [0.29, 0.717) is 17.7 Å². The SMILES string of the molecule is CC[C@H]1OC(=O)C(F)(F)C(=O)[C@H](C)[C@@H](O[C@@H]2O[C@H](C)C[C@H](N(C)C)[C@H]2O)[C@@](C)(OCC#Cc2cnc3ccccc3c2)C[C@@H](C)C2=NCCN3C(=O)O[C@@]1(C)[C@H]3[C@H]2C. The number of aromatic nitrogens is 1. The third-order valence-corrected chi connectivity index (χ3v) is 12.4. The minimum absolute atomic E-state index is 0.0184. The van der Waals surface area contributed by atoms with Crippen molar-refractivity contribution in [2.75, 3.05) is 33.8 Å². The number of ether oxygens (including phenoxy) is 5. The summed E-state index contributed by atoms with van der Waals surface area (Å²) in [4.78, 5) is 53.9. The van der Waals surface area contributed by atoms with E-state index in [1.54, 1.807) is 41.1 Å². The second kappa shape index (κ2) is 16.9. The molecule has 1 amide bonds. The molecule has 1 aromatic heterocycles. The van der Waals surface area contributed by atoms with E-state index in [1.165, 1.54) is 11.8 Å². The maximum atomic E-state index is 16.4. The first-order valence-electron chi connectivity index (χ1n) is 20.1. The lowest BCUT2D eigenvalue weighted by Gasteiger charge is -2.47. The van der Waals surface area contributed by atoms with E-state index in [9.17, 15) is 19.5 Å². The molecule has 3 fully saturated rings. The zero-order valence-corrected chi connectivity index (χ0v) is 34.7. The Kier molecular flexibility index (Phi) is 12.7. The molecule has 1 aromatic carbocycles. The highest BCUT2D eigenvalue weighted by Crippen LogP contribution is 2.44. The summed E-state index contributed by atoms with van der Waals surface area (Å²) in [6.07, 6.45) is -4.34. The topological polar surface area (TPSA) is 149 Å². The molecule has 0 spiro atoms. The standard InChI is InChI=1S/C43H56F2N4O9/c1-10-32-42(7)35-26(4)33(46-17-18-49(35)40(53)58-42)24(2)22-41(6,54-19-13-14-28-21-29-15-11-12-16-30(29)47-23-28)37(27(5)36(51)43(44,45)39(52)56-32)57-38-34(50)31(48(8)9)20-25(3)55-38/h11-12,15-16,21,23-27,31-32,34-35,37-38,50H,10,17-20,22H2,1-9H3/t24-,25-,26+,27+,31+,32-,34-,35-,37-,38+,41+,42-/m1/s1. The Morgan fingerprint density at radius 2 is 1.81 bits per heavy atom. The Morgan fingerprint density at radius 3 is 2.52 bits per heavy atom. The van der Waals surface area contributed by atoms with Crippen LogP contribution < -0.4 is 0 Å². The molecule has 0 radical (unpaired) electrons. The van der Waals surface area contributed by atoms with Crippen molar-refractivity contribution >= 4 is 34.5 Å². The van der Waals surface area contributed by atoms with Crippen LogP contribution >= 0.6 is 0 Å². The molecular formula is C43H56F2N4O9. The molecule has 0 unspecified atom stereocenters. The number of nitrogens with zero attached hydrogens (tertiary/aromatic N) is 4. The normalized spacial score (nSPS) is 36.9. The van der Waals surface area contributed by atoms with E-state index in [1.807, 2.05) is 56.0 Å². The predicted octanol–water partition coefficient (Wildman–Crippen LogP) is 5.05. The van der Waals surface area contributed by atoms with E-state index in [4.69, 9.17) is 28.7 Å².